The molecule has 0 unspecified atom stereocenters. The Morgan fingerprint density at radius 2 is 1.83 bits per heavy atom. The summed E-state index contributed by atoms with van der Waals surface area (Å²) in [7, 11) is 0. The maximum atomic E-state index is 12.0. The van der Waals surface area contributed by atoms with Gasteiger partial charge in [-0.15, -0.1) is 12.4 Å². The predicted molar refractivity (Wildman–Crippen MR) is 54.3 cm³/mol. The molecule has 0 saturated carbocycles. The molecule has 4 heteroatoms. The predicted octanol–water partition coefficient (Wildman–Crippen LogP) is 2.84. The molecule has 12 heavy (non-hydrogen) atoms. The van der Waals surface area contributed by atoms with Gasteiger partial charge in [0.05, 0.1) is 6.04 Å². The van der Waals surface area contributed by atoms with E-state index in [-0.39, 0.29) is 12.4 Å². The summed E-state index contributed by atoms with van der Waals surface area (Å²) in [6.45, 7) is -0.512. The molecule has 0 aromatic heterocycles. The number of halogens is 3. The van der Waals surface area contributed by atoms with E-state index in [9.17, 15) is 4.39 Å². The summed E-state index contributed by atoms with van der Waals surface area (Å²) < 4.78 is 13.0. The average molecular weight is 255 g/mol. The highest BCUT2D eigenvalue weighted by molar-refractivity contribution is 9.10. The van der Waals surface area contributed by atoms with Crippen LogP contribution in [0.1, 0.15) is 11.6 Å². The largest absolute Gasteiger partial charge is 0.322 e. The van der Waals surface area contributed by atoms with Crippen molar-refractivity contribution < 1.29 is 4.39 Å². The minimum Gasteiger partial charge on any atom is -0.322 e. The Hall–Kier alpha value is -0.120. The summed E-state index contributed by atoms with van der Waals surface area (Å²) in [5, 5.41) is 0. The summed E-state index contributed by atoms with van der Waals surface area (Å²) in [6, 6.07) is 6.85. The second kappa shape index (κ2) is 5.51. The van der Waals surface area contributed by atoms with E-state index >= 15 is 0 Å². The van der Waals surface area contributed by atoms with E-state index in [1.165, 1.54) is 0 Å². The molecule has 0 amide bonds. The molecule has 1 atom stereocenters. The van der Waals surface area contributed by atoms with Crippen LogP contribution < -0.4 is 5.73 Å². The van der Waals surface area contributed by atoms with E-state index in [0.29, 0.717) is 0 Å². The maximum Gasteiger partial charge on any atom is 0.109 e. The Kier molecular flexibility index (Phi) is 5.46. The second-order valence-corrected chi connectivity index (χ2v) is 3.23. The standard InChI is InChI=1S/C8H9BrFN.ClH/c9-7-3-1-6(2-4-7)8(11)5-10;/h1-4,8H,5,11H2;1H/t8-;/m1./s1. The highest BCUT2D eigenvalue weighted by Crippen LogP contribution is 2.15. The molecule has 0 aliphatic carbocycles. The van der Waals surface area contributed by atoms with Gasteiger partial charge in [-0.1, -0.05) is 28.1 Å². The molecule has 1 aromatic carbocycles. The molecule has 0 heterocycles. The average Bonchev–Trinajstić information content (AvgIpc) is 2.05. The molecule has 0 spiro atoms. The molecule has 0 fully saturated rings. The first-order valence-electron chi connectivity index (χ1n) is 3.31. The third-order valence-corrected chi connectivity index (χ3v) is 1.99. The maximum absolute atomic E-state index is 12.0. The summed E-state index contributed by atoms with van der Waals surface area (Å²) in [4.78, 5) is 0. The van der Waals surface area contributed by atoms with Crippen LogP contribution in [0.2, 0.25) is 0 Å². The van der Waals surface area contributed by atoms with Gasteiger partial charge in [-0.3, -0.25) is 0 Å². The Labute approximate surface area is 85.7 Å². The van der Waals surface area contributed by atoms with Crippen molar-refractivity contribution in [1.29, 1.82) is 0 Å². The topological polar surface area (TPSA) is 26.0 Å². The Bertz CT molecular complexity index is 227. The SMILES string of the molecule is Cl.N[C@H](CF)c1ccc(Br)cc1. The molecule has 0 saturated heterocycles. The smallest absolute Gasteiger partial charge is 0.109 e. The van der Waals surface area contributed by atoms with E-state index in [1.807, 2.05) is 24.3 Å². The number of alkyl halides is 1. The quantitative estimate of drug-likeness (QED) is 0.863. The monoisotopic (exact) mass is 253 g/mol. The molecular weight excluding hydrogens is 244 g/mol. The van der Waals surface area contributed by atoms with Crippen molar-refractivity contribution >= 4 is 28.3 Å². The first-order chi connectivity index (χ1) is 5.24. The Morgan fingerprint density at radius 1 is 1.33 bits per heavy atom. The van der Waals surface area contributed by atoms with Crippen molar-refractivity contribution in [3.63, 3.8) is 0 Å². The number of rotatable bonds is 2. The zero-order valence-electron chi connectivity index (χ0n) is 6.34. The number of nitrogens with two attached hydrogens (primary N) is 1. The summed E-state index contributed by atoms with van der Waals surface area (Å²) in [5.74, 6) is 0. The van der Waals surface area contributed by atoms with Crippen molar-refractivity contribution in [2.45, 2.75) is 6.04 Å². The zero-order chi connectivity index (χ0) is 8.27. The molecule has 0 aliphatic rings. The normalized spacial score (nSPS) is 11.9. The van der Waals surface area contributed by atoms with E-state index in [1.54, 1.807) is 0 Å². The lowest BCUT2D eigenvalue weighted by Gasteiger charge is -2.05. The van der Waals surface area contributed by atoms with Gasteiger partial charge in [0.1, 0.15) is 6.67 Å². The number of benzene rings is 1. The molecule has 68 valence electrons. The first-order valence-corrected chi connectivity index (χ1v) is 4.10. The second-order valence-electron chi connectivity index (χ2n) is 2.31. The summed E-state index contributed by atoms with van der Waals surface area (Å²) in [6.07, 6.45) is 0. The minimum atomic E-state index is -0.512. The molecule has 0 bridgehead atoms. The highest BCUT2D eigenvalue weighted by Gasteiger charge is 2.03. The third-order valence-electron chi connectivity index (χ3n) is 1.46. The van der Waals surface area contributed by atoms with Crippen LogP contribution in [0.25, 0.3) is 0 Å². The molecule has 1 nitrogen and oxygen atoms in total. The summed E-state index contributed by atoms with van der Waals surface area (Å²) >= 11 is 3.28. The van der Waals surface area contributed by atoms with E-state index in [4.69, 9.17) is 5.73 Å². The van der Waals surface area contributed by atoms with Crippen LogP contribution in [0.15, 0.2) is 28.7 Å². The van der Waals surface area contributed by atoms with Gasteiger partial charge in [-0.25, -0.2) is 4.39 Å². The minimum absolute atomic E-state index is 0. The van der Waals surface area contributed by atoms with Gasteiger partial charge >= 0.3 is 0 Å². The van der Waals surface area contributed by atoms with Gasteiger partial charge in [0.15, 0.2) is 0 Å². The van der Waals surface area contributed by atoms with Crippen molar-refractivity contribution in [2.24, 2.45) is 5.73 Å². The Balaban J connectivity index is 0.00000121. The van der Waals surface area contributed by atoms with Crippen LogP contribution in [0.4, 0.5) is 4.39 Å². The van der Waals surface area contributed by atoms with E-state index in [0.717, 1.165) is 10.0 Å². The number of hydrogen-bond acceptors (Lipinski definition) is 1. The van der Waals surface area contributed by atoms with Crippen LogP contribution in [-0.2, 0) is 0 Å². The molecule has 1 rings (SSSR count). The third kappa shape index (κ3) is 3.09. The molecule has 2 N–H and O–H groups in total. The van der Waals surface area contributed by atoms with Gasteiger partial charge in [0.25, 0.3) is 0 Å². The lowest BCUT2D eigenvalue weighted by atomic mass is 10.1. The van der Waals surface area contributed by atoms with Crippen LogP contribution in [0.5, 0.6) is 0 Å². The van der Waals surface area contributed by atoms with Gasteiger partial charge in [0.2, 0.25) is 0 Å². The molecule has 0 aliphatic heterocycles. The van der Waals surface area contributed by atoms with Gasteiger partial charge in [-0.2, -0.15) is 0 Å². The fraction of sp³-hybridized carbons (Fsp3) is 0.250. The Morgan fingerprint density at radius 3 is 2.25 bits per heavy atom. The fourth-order valence-corrected chi connectivity index (χ4v) is 1.06. The van der Waals surface area contributed by atoms with Crippen LogP contribution >= 0.6 is 28.3 Å². The fourth-order valence-electron chi connectivity index (χ4n) is 0.799. The van der Waals surface area contributed by atoms with Crippen molar-refractivity contribution in [1.82, 2.24) is 0 Å². The molecule has 0 radical (unpaired) electrons. The molecular formula is C8H10BrClFN. The number of hydrogen-bond donors (Lipinski definition) is 1. The van der Waals surface area contributed by atoms with Gasteiger partial charge in [0, 0.05) is 4.47 Å². The summed E-state index contributed by atoms with van der Waals surface area (Å²) in [5.41, 5.74) is 6.28. The van der Waals surface area contributed by atoms with Crippen molar-refractivity contribution in [3.8, 4) is 0 Å². The molecule has 1 aromatic rings. The van der Waals surface area contributed by atoms with E-state index in [2.05, 4.69) is 15.9 Å². The van der Waals surface area contributed by atoms with Crippen LogP contribution in [-0.4, -0.2) is 6.67 Å². The first kappa shape index (κ1) is 11.9. The van der Waals surface area contributed by atoms with Crippen molar-refractivity contribution in [2.75, 3.05) is 6.67 Å². The van der Waals surface area contributed by atoms with Gasteiger partial charge < -0.3 is 5.73 Å². The van der Waals surface area contributed by atoms with Crippen LogP contribution in [0.3, 0.4) is 0 Å². The van der Waals surface area contributed by atoms with Crippen LogP contribution in [0, 0.1) is 0 Å². The van der Waals surface area contributed by atoms with Crippen molar-refractivity contribution in [3.05, 3.63) is 34.3 Å². The lowest BCUT2D eigenvalue weighted by molar-refractivity contribution is 0.437. The van der Waals surface area contributed by atoms with E-state index < -0.39 is 12.7 Å². The highest BCUT2D eigenvalue weighted by atomic mass is 79.9. The lowest BCUT2D eigenvalue weighted by Crippen LogP contribution is -2.11. The van der Waals surface area contributed by atoms with Gasteiger partial charge in [-0.05, 0) is 17.7 Å². The zero-order valence-corrected chi connectivity index (χ0v) is 8.74.